The monoisotopic (exact) mass is 352 g/mol. The summed E-state index contributed by atoms with van der Waals surface area (Å²) < 4.78 is 7.34. The van der Waals surface area contributed by atoms with Crippen molar-refractivity contribution in [2.45, 2.75) is 38.6 Å². The van der Waals surface area contributed by atoms with E-state index in [0.29, 0.717) is 5.82 Å². The molecule has 2 atom stereocenters. The van der Waals surface area contributed by atoms with Crippen molar-refractivity contribution in [3.63, 3.8) is 0 Å². The number of ether oxygens (including phenoxy) is 1. The van der Waals surface area contributed by atoms with Crippen LogP contribution in [0.5, 0.6) is 5.75 Å². The van der Waals surface area contributed by atoms with Crippen LogP contribution in [0.1, 0.15) is 50.0 Å². The largest absolute Gasteiger partial charge is 0.496 e. The highest BCUT2D eigenvalue weighted by Gasteiger charge is 2.25. The Labute approximate surface area is 153 Å². The van der Waals surface area contributed by atoms with Gasteiger partial charge in [0.15, 0.2) is 11.5 Å². The molecular formula is C20H24N4O2. The number of fused-ring (bicyclic) bond motifs is 1. The van der Waals surface area contributed by atoms with Gasteiger partial charge in [-0.25, -0.2) is 0 Å². The number of para-hydroxylation sites is 1. The minimum atomic E-state index is -0.266. The molecule has 0 aliphatic carbocycles. The second-order valence-corrected chi connectivity index (χ2v) is 6.30. The summed E-state index contributed by atoms with van der Waals surface area (Å²) in [4.78, 5) is 13.0. The van der Waals surface area contributed by atoms with Gasteiger partial charge in [-0.1, -0.05) is 37.6 Å². The van der Waals surface area contributed by atoms with Crippen molar-refractivity contribution >= 4 is 11.6 Å². The quantitative estimate of drug-likeness (QED) is 0.707. The Hall–Kier alpha value is -2.89. The molecule has 0 saturated heterocycles. The predicted molar refractivity (Wildman–Crippen MR) is 100 cm³/mol. The number of methoxy groups -OCH3 is 1. The molecule has 3 rings (SSSR count). The minimum Gasteiger partial charge on any atom is -0.496 e. The van der Waals surface area contributed by atoms with E-state index in [1.54, 1.807) is 7.11 Å². The molecule has 0 bridgehead atoms. The molecule has 26 heavy (non-hydrogen) atoms. The van der Waals surface area contributed by atoms with Crippen LogP contribution in [0.3, 0.4) is 0 Å². The van der Waals surface area contributed by atoms with Gasteiger partial charge in [0.2, 0.25) is 5.91 Å². The summed E-state index contributed by atoms with van der Waals surface area (Å²) in [6, 6.07) is 13.2. The molecule has 2 aromatic heterocycles. The molecule has 136 valence electrons. The smallest absolute Gasteiger partial charge is 0.228 e. The van der Waals surface area contributed by atoms with Gasteiger partial charge in [-0.2, -0.15) is 0 Å². The first-order chi connectivity index (χ1) is 12.7. The number of aromatic nitrogens is 3. The first-order valence-corrected chi connectivity index (χ1v) is 8.88. The van der Waals surface area contributed by atoms with Crippen LogP contribution in [-0.4, -0.2) is 27.6 Å². The van der Waals surface area contributed by atoms with Crippen LogP contribution in [-0.2, 0) is 4.79 Å². The first kappa shape index (κ1) is 17.9. The number of hydrogen-bond donors (Lipinski definition) is 1. The lowest BCUT2D eigenvalue weighted by Gasteiger charge is -2.21. The Morgan fingerprint density at radius 1 is 1.19 bits per heavy atom. The van der Waals surface area contributed by atoms with Crippen LogP contribution in [0.4, 0.5) is 0 Å². The van der Waals surface area contributed by atoms with E-state index in [4.69, 9.17) is 4.74 Å². The van der Waals surface area contributed by atoms with Gasteiger partial charge in [0.05, 0.1) is 19.1 Å². The highest BCUT2D eigenvalue weighted by Crippen LogP contribution is 2.30. The minimum absolute atomic E-state index is 0.0310. The molecule has 1 N–H and O–H groups in total. The van der Waals surface area contributed by atoms with Crippen LogP contribution in [0.2, 0.25) is 0 Å². The van der Waals surface area contributed by atoms with Gasteiger partial charge in [-0.15, -0.1) is 10.2 Å². The van der Waals surface area contributed by atoms with Gasteiger partial charge >= 0.3 is 0 Å². The lowest BCUT2D eigenvalue weighted by atomic mass is 9.92. The molecule has 0 radical (unpaired) electrons. The van der Waals surface area contributed by atoms with Crippen molar-refractivity contribution in [2.75, 3.05) is 7.11 Å². The highest BCUT2D eigenvalue weighted by molar-refractivity contribution is 5.84. The number of carbonyl (C=O) groups is 1. The van der Waals surface area contributed by atoms with Crippen molar-refractivity contribution in [2.24, 2.45) is 0 Å². The van der Waals surface area contributed by atoms with Gasteiger partial charge in [-0.3, -0.25) is 9.20 Å². The average Bonchev–Trinajstić information content (AvgIpc) is 3.10. The van der Waals surface area contributed by atoms with E-state index in [1.165, 1.54) is 0 Å². The van der Waals surface area contributed by atoms with E-state index in [1.807, 2.05) is 60.0 Å². The molecule has 0 aliphatic heterocycles. The SMILES string of the molecule is CCCC(C(=O)N[C@@H](C)c1nnc2ccccn12)c1ccccc1OC. The van der Waals surface area contributed by atoms with E-state index in [2.05, 4.69) is 22.4 Å². The molecule has 2 heterocycles. The summed E-state index contributed by atoms with van der Waals surface area (Å²) in [6.07, 6.45) is 3.55. The maximum absolute atomic E-state index is 13.0. The summed E-state index contributed by atoms with van der Waals surface area (Å²) in [5, 5.41) is 11.5. The molecule has 0 aliphatic rings. The van der Waals surface area contributed by atoms with Crippen molar-refractivity contribution in [3.8, 4) is 5.75 Å². The number of amides is 1. The van der Waals surface area contributed by atoms with E-state index in [9.17, 15) is 4.79 Å². The molecule has 1 aromatic carbocycles. The van der Waals surface area contributed by atoms with Gasteiger partial charge in [-0.05, 0) is 31.5 Å². The second kappa shape index (κ2) is 7.99. The fraction of sp³-hybridized carbons (Fsp3) is 0.350. The van der Waals surface area contributed by atoms with Crippen LogP contribution in [0, 0.1) is 0 Å². The van der Waals surface area contributed by atoms with E-state index in [-0.39, 0.29) is 17.9 Å². The lowest BCUT2D eigenvalue weighted by molar-refractivity contribution is -0.123. The second-order valence-electron chi connectivity index (χ2n) is 6.30. The topological polar surface area (TPSA) is 68.5 Å². The zero-order chi connectivity index (χ0) is 18.5. The van der Waals surface area contributed by atoms with E-state index < -0.39 is 0 Å². The number of pyridine rings is 1. The van der Waals surface area contributed by atoms with Crippen LogP contribution < -0.4 is 10.1 Å². The van der Waals surface area contributed by atoms with Crippen molar-refractivity contribution in [1.82, 2.24) is 19.9 Å². The van der Waals surface area contributed by atoms with Gasteiger partial charge in [0.25, 0.3) is 0 Å². The normalized spacial score (nSPS) is 13.3. The maximum Gasteiger partial charge on any atom is 0.228 e. The molecule has 0 spiro atoms. The zero-order valence-electron chi connectivity index (χ0n) is 15.3. The number of nitrogens with zero attached hydrogens (tertiary/aromatic N) is 3. The summed E-state index contributed by atoms with van der Waals surface area (Å²) >= 11 is 0. The Balaban J connectivity index is 1.84. The van der Waals surface area contributed by atoms with Gasteiger partial charge < -0.3 is 10.1 Å². The maximum atomic E-state index is 13.0. The standard InChI is InChI=1S/C20H24N4O2/c1-4-9-16(15-10-5-6-11-17(15)26-3)20(25)21-14(2)19-23-22-18-12-7-8-13-24(18)19/h5-8,10-14,16H,4,9H2,1-3H3,(H,21,25)/t14-,16?/m0/s1. The summed E-state index contributed by atoms with van der Waals surface area (Å²) in [6.45, 7) is 4.00. The molecule has 0 saturated carbocycles. The molecule has 0 fully saturated rings. The average molecular weight is 352 g/mol. The Kier molecular flexibility index (Phi) is 5.51. The van der Waals surface area contributed by atoms with Crippen molar-refractivity contribution < 1.29 is 9.53 Å². The van der Waals surface area contributed by atoms with Crippen LogP contribution in [0.15, 0.2) is 48.7 Å². The predicted octanol–water partition coefficient (Wildman–Crippen LogP) is 3.50. The highest BCUT2D eigenvalue weighted by atomic mass is 16.5. The Morgan fingerprint density at radius 3 is 2.73 bits per heavy atom. The Morgan fingerprint density at radius 2 is 1.96 bits per heavy atom. The molecule has 1 amide bonds. The molecule has 1 unspecified atom stereocenters. The summed E-state index contributed by atoms with van der Waals surface area (Å²) in [5.41, 5.74) is 1.67. The molecule has 3 aromatic rings. The lowest BCUT2D eigenvalue weighted by Crippen LogP contribution is -2.32. The van der Waals surface area contributed by atoms with Crippen LogP contribution >= 0.6 is 0 Å². The van der Waals surface area contributed by atoms with Crippen molar-refractivity contribution in [3.05, 3.63) is 60.0 Å². The Bertz CT molecular complexity index is 890. The first-order valence-electron chi connectivity index (χ1n) is 8.88. The van der Waals surface area contributed by atoms with E-state index in [0.717, 1.165) is 29.8 Å². The van der Waals surface area contributed by atoms with Crippen LogP contribution in [0.25, 0.3) is 5.65 Å². The third kappa shape index (κ3) is 3.54. The molecule has 6 heteroatoms. The third-order valence-electron chi connectivity index (χ3n) is 4.49. The zero-order valence-corrected chi connectivity index (χ0v) is 15.3. The number of nitrogens with one attached hydrogen (secondary N) is 1. The third-order valence-corrected chi connectivity index (χ3v) is 4.49. The van der Waals surface area contributed by atoms with E-state index >= 15 is 0 Å². The molecule has 6 nitrogen and oxygen atoms in total. The fourth-order valence-electron chi connectivity index (χ4n) is 3.20. The number of rotatable bonds is 7. The number of carbonyl (C=O) groups excluding carboxylic acids is 1. The number of hydrogen-bond acceptors (Lipinski definition) is 4. The number of benzene rings is 1. The summed E-state index contributed by atoms with van der Waals surface area (Å²) in [5.74, 6) is 1.15. The summed E-state index contributed by atoms with van der Waals surface area (Å²) in [7, 11) is 1.63. The van der Waals surface area contributed by atoms with Gasteiger partial charge in [0.1, 0.15) is 5.75 Å². The van der Waals surface area contributed by atoms with Crippen molar-refractivity contribution in [1.29, 1.82) is 0 Å². The molecular weight excluding hydrogens is 328 g/mol. The van der Waals surface area contributed by atoms with Gasteiger partial charge in [0, 0.05) is 11.8 Å². The fourth-order valence-corrected chi connectivity index (χ4v) is 3.20.